The molecule has 0 aromatic rings. The molecule has 0 saturated carbocycles. The number of aliphatic carboxylic acids is 1. The van der Waals surface area contributed by atoms with Crippen LogP contribution in [0, 0.1) is 0 Å². The monoisotopic (exact) mass is 201 g/mol. The van der Waals surface area contributed by atoms with E-state index in [2.05, 4.69) is 19.2 Å². The largest absolute Gasteiger partial charge is 0.481 e. The van der Waals surface area contributed by atoms with Crippen LogP contribution >= 0.6 is 0 Å². The minimum atomic E-state index is -0.745. The standard InChI is InChI=1S/C10H19NO3/c1-7-5-9(6-8(2)14-7)11-4-3-10(12)13/h7-9,11H,3-6H2,1-2H3,(H,12,13). The zero-order chi connectivity index (χ0) is 10.6. The van der Waals surface area contributed by atoms with Crippen molar-refractivity contribution in [2.45, 2.75) is 51.4 Å². The fraction of sp³-hybridized carbons (Fsp3) is 0.900. The van der Waals surface area contributed by atoms with Crippen molar-refractivity contribution in [1.29, 1.82) is 0 Å². The number of carbonyl (C=O) groups is 1. The van der Waals surface area contributed by atoms with Crippen LogP contribution in [0.3, 0.4) is 0 Å². The summed E-state index contributed by atoms with van der Waals surface area (Å²) in [5, 5.41) is 11.7. The second-order valence-electron chi connectivity index (χ2n) is 4.02. The summed E-state index contributed by atoms with van der Waals surface area (Å²) in [6, 6.07) is 0.410. The van der Waals surface area contributed by atoms with E-state index in [0.717, 1.165) is 12.8 Å². The summed E-state index contributed by atoms with van der Waals surface area (Å²) in [6.45, 7) is 4.67. The maximum absolute atomic E-state index is 10.3. The van der Waals surface area contributed by atoms with Gasteiger partial charge in [0.2, 0.25) is 0 Å². The molecule has 14 heavy (non-hydrogen) atoms. The average Bonchev–Trinajstić information content (AvgIpc) is 2.01. The van der Waals surface area contributed by atoms with Crippen LogP contribution in [0.5, 0.6) is 0 Å². The number of hydrogen-bond acceptors (Lipinski definition) is 3. The Bertz CT molecular complexity index is 186. The van der Waals surface area contributed by atoms with Crippen LogP contribution in [0.1, 0.15) is 33.1 Å². The molecule has 0 amide bonds. The van der Waals surface area contributed by atoms with Crippen molar-refractivity contribution < 1.29 is 14.6 Å². The molecule has 1 aliphatic rings. The van der Waals surface area contributed by atoms with Crippen molar-refractivity contribution in [3.63, 3.8) is 0 Å². The number of carboxylic acids is 1. The number of hydrogen-bond donors (Lipinski definition) is 2. The van der Waals surface area contributed by atoms with Crippen LogP contribution in [0.25, 0.3) is 0 Å². The van der Waals surface area contributed by atoms with E-state index in [1.807, 2.05) is 0 Å². The second-order valence-corrected chi connectivity index (χ2v) is 4.02. The van der Waals surface area contributed by atoms with Crippen LogP contribution in [-0.4, -0.2) is 35.9 Å². The van der Waals surface area contributed by atoms with Crippen molar-refractivity contribution in [2.24, 2.45) is 0 Å². The molecule has 4 nitrogen and oxygen atoms in total. The van der Waals surface area contributed by atoms with Gasteiger partial charge in [-0.05, 0) is 26.7 Å². The van der Waals surface area contributed by atoms with Gasteiger partial charge in [-0.25, -0.2) is 0 Å². The average molecular weight is 201 g/mol. The van der Waals surface area contributed by atoms with Gasteiger partial charge in [0.05, 0.1) is 18.6 Å². The molecule has 0 aliphatic carbocycles. The molecule has 0 bridgehead atoms. The molecule has 1 saturated heterocycles. The van der Waals surface area contributed by atoms with Crippen molar-refractivity contribution in [3.05, 3.63) is 0 Å². The van der Waals surface area contributed by atoms with Crippen molar-refractivity contribution >= 4 is 5.97 Å². The van der Waals surface area contributed by atoms with Crippen LogP contribution in [0.2, 0.25) is 0 Å². The Kier molecular flexibility index (Phi) is 4.35. The Hall–Kier alpha value is -0.610. The Morgan fingerprint density at radius 1 is 1.43 bits per heavy atom. The predicted octanol–water partition coefficient (Wildman–Crippen LogP) is 1.01. The molecule has 1 fully saturated rings. The summed E-state index contributed by atoms with van der Waals surface area (Å²) < 4.78 is 5.59. The quantitative estimate of drug-likeness (QED) is 0.712. The zero-order valence-corrected chi connectivity index (χ0v) is 8.82. The van der Waals surface area contributed by atoms with E-state index in [1.54, 1.807) is 0 Å². The molecule has 2 unspecified atom stereocenters. The lowest BCUT2D eigenvalue weighted by molar-refractivity contribution is -0.136. The highest BCUT2D eigenvalue weighted by Gasteiger charge is 2.23. The SMILES string of the molecule is CC1CC(NCCC(=O)O)CC(C)O1. The lowest BCUT2D eigenvalue weighted by Gasteiger charge is -2.32. The Balaban J connectivity index is 2.20. The molecule has 0 spiro atoms. The van der Waals surface area contributed by atoms with Crippen LogP contribution in [0.4, 0.5) is 0 Å². The molecule has 1 aliphatic heterocycles. The molecule has 2 atom stereocenters. The minimum absolute atomic E-state index is 0.195. The Morgan fingerprint density at radius 3 is 2.50 bits per heavy atom. The van der Waals surface area contributed by atoms with E-state index < -0.39 is 5.97 Å². The molecule has 0 radical (unpaired) electrons. The number of carboxylic acid groups (broad SMARTS) is 1. The molecule has 0 aromatic carbocycles. The lowest BCUT2D eigenvalue weighted by Crippen LogP contribution is -2.41. The lowest BCUT2D eigenvalue weighted by atomic mass is 10.00. The molecule has 1 rings (SSSR count). The topological polar surface area (TPSA) is 58.6 Å². The van der Waals surface area contributed by atoms with Gasteiger partial charge < -0.3 is 15.2 Å². The van der Waals surface area contributed by atoms with Crippen LogP contribution in [-0.2, 0) is 9.53 Å². The van der Waals surface area contributed by atoms with Gasteiger partial charge in [0.15, 0.2) is 0 Å². The van der Waals surface area contributed by atoms with Gasteiger partial charge in [-0.3, -0.25) is 4.79 Å². The highest BCUT2D eigenvalue weighted by molar-refractivity contribution is 5.66. The molecule has 4 heteroatoms. The third-order valence-corrected chi connectivity index (χ3v) is 2.47. The normalized spacial score (nSPS) is 32.9. The molecule has 0 aromatic heterocycles. The fourth-order valence-electron chi connectivity index (χ4n) is 1.96. The molecule has 82 valence electrons. The summed E-state index contributed by atoms with van der Waals surface area (Å²) >= 11 is 0. The predicted molar refractivity (Wildman–Crippen MR) is 53.3 cm³/mol. The molecular weight excluding hydrogens is 182 g/mol. The van der Waals surface area contributed by atoms with Crippen LogP contribution < -0.4 is 5.32 Å². The number of rotatable bonds is 4. The Labute approximate surface area is 84.6 Å². The third-order valence-electron chi connectivity index (χ3n) is 2.47. The molecule has 1 heterocycles. The van der Waals surface area contributed by atoms with Crippen molar-refractivity contribution in [1.82, 2.24) is 5.32 Å². The maximum Gasteiger partial charge on any atom is 0.304 e. The van der Waals surface area contributed by atoms with Gasteiger partial charge in [-0.1, -0.05) is 0 Å². The second kappa shape index (κ2) is 5.32. The summed E-state index contributed by atoms with van der Waals surface area (Å²) in [4.78, 5) is 10.3. The highest BCUT2D eigenvalue weighted by Crippen LogP contribution is 2.18. The maximum atomic E-state index is 10.3. The van der Waals surface area contributed by atoms with Gasteiger partial charge in [0, 0.05) is 12.6 Å². The number of ether oxygens (including phenoxy) is 1. The summed E-state index contributed by atoms with van der Waals surface area (Å²) in [5.74, 6) is -0.745. The summed E-state index contributed by atoms with van der Waals surface area (Å²) in [5.41, 5.74) is 0. The third kappa shape index (κ3) is 4.07. The summed E-state index contributed by atoms with van der Waals surface area (Å²) in [6.07, 6.45) is 2.70. The van der Waals surface area contributed by atoms with E-state index >= 15 is 0 Å². The van der Waals surface area contributed by atoms with Gasteiger partial charge in [0.1, 0.15) is 0 Å². The minimum Gasteiger partial charge on any atom is -0.481 e. The van der Waals surface area contributed by atoms with Gasteiger partial charge >= 0.3 is 5.97 Å². The van der Waals surface area contributed by atoms with Crippen molar-refractivity contribution in [2.75, 3.05) is 6.54 Å². The number of nitrogens with one attached hydrogen (secondary N) is 1. The zero-order valence-electron chi connectivity index (χ0n) is 8.82. The van der Waals surface area contributed by atoms with Crippen molar-refractivity contribution in [3.8, 4) is 0 Å². The van der Waals surface area contributed by atoms with E-state index in [-0.39, 0.29) is 18.6 Å². The molecular formula is C10H19NO3. The fourth-order valence-corrected chi connectivity index (χ4v) is 1.96. The van der Waals surface area contributed by atoms with E-state index in [0.29, 0.717) is 12.6 Å². The molecule has 2 N–H and O–H groups in total. The van der Waals surface area contributed by atoms with Gasteiger partial charge in [0.25, 0.3) is 0 Å². The van der Waals surface area contributed by atoms with E-state index in [4.69, 9.17) is 9.84 Å². The first-order chi connectivity index (χ1) is 6.58. The van der Waals surface area contributed by atoms with E-state index in [9.17, 15) is 4.79 Å². The highest BCUT2D eigenvalue weighted by atomic mass is 16.5. The van der Waals surface area contributed by atoms with E-state index in [1.165, 1.54) is 0 Å². The first kappa shape index (κ1) is 11.5. The smallest absolute Gasteiger partial charge is 0.304 e. The van der Waals surface area contributed by atoms with Gasteiger partial charge in [-0.15, -0.1) is 0 Å². The first-order valence-electron chi connectivity index (χ1n) is 5.18. The Morgan fingerprint density at radius 2 is 2.00 bits per heavy atom. The van der Waals surface area contributed by atoms with Crippen LogP contribution in [0.15, 0.2) is 0 Å². The first-order valence-corrected chi connectivity index (χ1v) is 5.18. The van der Waals surface area contributed by atoms with Gasteiger partial charge in [-0.2, -0.15) is 0 Å². The summed E-state index contributed by atoms with van der Waals surface area (Å²) in [7, 11) is 0.